The Kier molecular flexibility index (Phi) is 4.75. The van der Waals surface area contributed by atoms with Crippen LogP contribution < -0.4 is 4.74 Å². The van der Waals surface area contributed by atoms with Crippen LogP contribution in [0.5, 0.6) is 5.75 Å². The molecule has 3 nitrogen and oxygen atoms in total. The fourth-order valence-corrected chi connectivity index (χ4v) is 4.28. The van der Waals surface area contributed by atoms with E-state index in [1.54, 1.807) is 23.9 Å². The lowest BCUT2D eigenvalue weighted by atomic mass is 10.0. The molecule has 3 aromatic rings. The molecule has 0 saturated carbocycles. The molecule has 0 spiro atoms. The van der Waals surface area contributed by atoms with E-state index in [9.17, 15) is 8.78 Å². The highest BCUT2D eigenvalue weighted by Gasteiger charge is 2.25. The van der Waals surface area contributed by atoms with Crippen molar-refractivity contribution in [1.82, 2.24) is 4.98 Å². The molecule has 26 heavy (non-hydrogen) atoms. The van der Waals surface area contributed by atoms with Gasteiger partial charge < -0.3 is 9.72 Å². The Morgan fingerprint density at radius 1 is 1.04 bits per heavy atom. The number of ether oxygens (including phenoxy) is 1. The fourth-order valence-electron chi connectivity index (χ4n) is 3.01. The minimum absolute atomic E-state index is 0.0874. The number of halogens is 2. The standard InChI is InChI=1S/C20H16F2N2OS/c21-20(22)25-17-9-3-1-6-13(17)19-12-16(14-8-5-11-23-14)24-15-7-2-4-10-18(15)26-19/h1-11,19-20,23H,12H2. The van der Waals surface area contributed by atoms with Crippen molar-refractivity contribution in [3.63, 3.8) is 0 Å². The number of benzene rings is 2. The number of aliphatic imine (C=N–C) groups is 1. The van der Waals surface area contributed by atoms with Crippen LogP contribution in [-0.4, -0.2) is 17.3 Å². The average molecular weight is 370 g/mol. The lowest BCUT2D eigenvalue weighted by molar-refractivity contribution is -0.0504. The van der Waals surface area contributed by atoms with Crippen LogP contribution in [0.15, 0.2) is 76.7 Å². The lowest BCUT2D eigenvalue weighted by Crippen LogP contribution is -2.09. The number of nitrogens with zero attached hydrogens (tertiary/aromatic N) is 1. The molecular weight excluding hydrogens is 354 g/mol. The van der Waals surface area contributed by atoms with Crippen LogP contribution in [0, 0.1) is 0 Å². The Balaban J connectivity index is 1.78. The molecule has 1 aliphatic rings. The molecule has 1 aliphatic heterocycles. The maximum absolute atomic E-state index is 12.8. The summed E-state index contributed by atoms with van der Waals surface area (Å²) in [6, 6.07) is 18.7. The van der Waals surface area contributed by atoms with E-state index in [4.69, 9.17) is 9.73 Å². The minimum atomic E-state index is -2.85. The number of nitrogens with one attached hydrogen (secondary N) is 1. The monoisotopic (exact) mass is 370 g/mol. The Bertz CT molecular complexity index is 925. The molecule has 0 fully saturated rings. The van der Waals surface area contributed by atoms with Gasteiger partial charge in [-0.2, -0.15) is 8.78 Å². The van der Waals surface area contributed by atoms with Gasteiger partial charge in [0, 0.05) is 28.3 Å². The molecule has 0 saturated heterocycles. The highest BCUT2D eigenvalue weighted by molar-refractivity contribution is 7.99. The highest BCUT2D eigenvalue weighted by Crippen LogP contribution is 2.47. The van der Waals surface area contributed by atoms with Gasteiger partial charge in [-0.25, -0.2) is 0 Å². The van der Waals surface area contributed by atoms with Crippen LogP contribution in [0.3, 0.4) is 0 Å². The molecule has 0 radical (unpaired) electrons. The van der Waals surface area contributed by atoms with Crippen molar-refractivity contribution in [3.8, 4) is 5.75 Å². The maximum atomic E-state index is 12.8. The number of H-pyrrole nitrogens is 1. The number of aromatic nitrogens is 1. The van der Waals surface area contributed by atoms with Gasteiger partial charge in [0.25, 0.3) is 0 Å². The second-order valence-corrected chi connectivity index (χ2v) is 7.08. The first kappa shape index (κ1) is 16.8. The molecule has 0 bridgehead atoms. The molecule has 4 rings (SSSR count). The second-order valence-electron chi connectivity index (χ2n) is 5.84. The van der Waals surface area contributed by atoms with Gasteiger partial charge in [-0.3, -0.25) is 4.99 Å². The molecule has 132 valence electrons. The molecule has 1 aromatic heterocycles. The summed E-state index contributed by atoms with van der Waals surface area (Å²) in [5.74, 6) is 0.213. The van der Waals surface area contributed by atoms with E-state index < -0.39 is 6.61 Å². The molecule has 2 heterocycles. The van der Waals surface area contributed by atoms with Gasteiger partial charge in [-0.1, -0.05) is 30.3 Å². The topological polar surface area (TPSA) is 37.4 Å². The van der Waals surface area contributed by atoms with Crippen LogP contribution in [0.25, 0.3) is 0 Å². The summed E-state index contributed by atoms with van der Waals surface area (Å²) in [7, 11) is 0. The van der Waals surface area contributed by atoms with Crippen molar-refractivity contribution in [2.45, 2.75) is 23.2 Å². The van der Waals surface area contributed by atoms with Gasteiger partial charge in [0.1, 0.15) is 5.75 Å². The van der Waals surface area contributed by atoms with E-state index in [1.165, 1.54) is 0 Å². The van der Waals surface area contributed by atoms with Crippen molar-refractivity contribution in [1.29, 1.82) is 0 Å². The summed E-state index contributed by atoms with van der Waals surface area (Å²) in [5, 5.41) is -0.0874. The van der Waals surface area contributed by atoms with Crippen LogP contribution in [0.2, 0.25) is 0 Å². The third kappa shape index (κ3) is 3.51. The minimum Gasteiger partial charge on any atom is -0.435 e. The molecule has 1 atom stereocenters. The molecule has 1 N–H and O–H groups in total. The number of thioether (sulfide) groups is 1. The summed E-state index contributed by atoms with van der Waals surface area (Å²) in [5.41, 5.74) is 3.45. The second kappa shape index (κ2) is 7.33. The van der Waals surface area contributed by atoms with E-state index in [0.717, 1.165) is 27.6 Å². The number of rotatable bonds is 4. The van der Waals surface area contributed by atoms with E-state index in [-0.39, 0.29) is 11.0 Å². The number of alkyl halides is 2. The Hall–Kier alpha value is -2.60. The van der Waals surface area contributed by atoms with Crippen LogP contribution in [0.1, 0.15) is 22.9 Å². The van der Waals surface area contributed by atoms with E-state index in [2.05, 4.69) is 4.98 Å². The zero-order valence-electron chi connectivity index (χ0n) is 13.7. The third-order valence-corrected chi connectivity index (χ3v) is 5.46. The molecule has 0 aliphatic carbocycles. The third-order valence-electron chi connectivity index (χ3n) is 4.16. The summed E-state index contributed by atoms with van der Waals surface area (Å²) in [6.07, 6.45) is 2.45. The van der Waals surface area contributed by atoms with Crippen molar-refractivity contribution in [2.75, 3.05) is 0 Å². The van der Waals surface area contributed by atoms with Crippen molar-refractivity contribution in [2.24, 2.45) is 4.99 Å². The lowest BCUT2D eigenvalue weighted by Gasteiger charge is -2.19. The highest BCUT2D eigenvalue weighted by atomic mass is 32.2. The Morgan fingerprint density at radius 3 is 2.65 bits per heavy atom. The number of para-hydroxylation sites is 2. The number of fused-ring (bicyclic) bond motifs is 1. The SMILES string of the molecule is FC(F)Oc1ccccc1C1CC(c2ccc[nH]2)=Nc2ccccc2S1. The van der Waals surface area contributed by atoms with E-state index >= 15 is 0 Å². The van der Waals surface area contributed by atoms with Crippen LogP contribution in [0.4, 0.5) is 14.5 Å². The first-order valence-electron chi connectivity index (χ1n) is 8.21. The number of aromatic amines is 1. The smallest absolute Gasteiger partial charge is 0.387 e. The van der Waals surface area contributed by atoms with Crippen LogP contribution in [-0.2, 0) is 0 Å². The van der Waals surface area contributed by atoms with Gasteiger partial charge in [0.15, 0.2) is 0 Å². The maximum Gasteiger partial charge on any atom is 0.387 e. The van der Waals surface area contributed by atoms with Crippen molar-refractivity contribution < 1.29 is 13.5 Å². The zero-order chi connectivity index (χ0) is 17.9. The normalized spacial score (nSPS) is 16.7. The fraction of sp³-hybridized carbons (Fsp3) is 0.150. The van der Waals surface area contributed by atoms with Gasteiger partial charge in [0.05, 0.1) is 17.1 Å². The predicted octanol–water partition coefficient (Wildman–Crippen LogP) is 5.97. The summed E-state index contributed by atoms with van der Waals surface area (Å²) >= 11 is 1.62. The number of hydrogen-bond donors (Lipinski definition) is 1. The largest absolute Gasteiger partial charge is 0.435 e. The summed E-state index contributed by atoms with van der Waals surface area (Å²) in [6.45, 7) is -2.85. The van der Waals surface area contributed by atoms with Gasteiger partial charge in [-0.05, 0) is 30.3 Å². The molecule has 2 aromatic carbocycles. The molecular formula is C20H16F2N2OS. The zero-order valence-corrected chi connectivity index (χ0v) is 14.5. The molecule has 6 heteroatoms. The summed E-state index contributed by atoms with van der Waals surface area (Å²) < 4.78 is 30.4. The summed E-state index contributed by atoms with van der Waals surface area (Å²) in [4.78, 5) is 9.04. The van der Waals surface area contributed by atoms with Crippen molar-refractivity contribution >= 4 is 23.2 Å². The van der Waals surface area contributed by atoms with Gasteiger partial charge in [0.2, 0.25) is 0 Å². The van der Waals surface area contributed by atoms with Crippen molar-refractivity contribution in [3.05, 3.63) is 78.1 Å². The molecule has 0 amide bonds. The van der Waals surface area contributed by atoms with E-state index in [0.29, 0.717) is 6.42 Å². The average Bonchev–Trinajstić information content (AvgIpc) is 3.09. The van der Waals surface area contributed by atoms with E-state index in [1.807, 2.05) is 54.7 Å². The Morgan fingerprint density at radius 2 is 1.85 bits per heavy atom. The Labute approximate surface area is 154 Å². The van der Waals surface area contributed by atoms with Crippen LogP contribution >= 0.6 is 11.8 Å². The first-order chi connectivity index (χ1) is 12.7. The number of hydrogen-bond acceptors (Lipinski definition) is 3. The quantitative estimate of drug-likeness (QED) is 0.614. The first-order valence-corrected chi connectivity index (χ1v) is 9.09. The van der Waals surface area contributed by atoms with Gasteiger partial charge >= 0.3 is 6.61 Å². The predicted molar refractivity (Wildman–Crippen MR) is 99.7 cm³/mol. The van der Waals surface area contributed by atoms with Gasteiger partial charge in [-0.15, -0.1) is 11.8 Å². The molecule has 1 unspecified atom stereocenters.